The van der Waals surface area contributed by atoms with E-state index in [4.69, 9.17) is 4.42 Å². The lowest BCUT2D eigenvalue weighted by atomic mass is 10.1. The Kier molecular flexibility index (Phi) is 7.73. The largest absolute Gasteiger partial charge is 0.416 e. The van der Waals surface area contributed by atoms with Gasteiger partial charge in [0.2, 0.25) is 11.8 Å². The number of likely N-dealkylation sites (N-methyl/N-ethyl adjacent to an activating group) is 1. The molecule has 1 saturated heterocycles. The monoisotopic (exact) mass is 495 g/mol. The Labute approximate surface area is 218 Å². The molecule has 4 aromatic rings. The van der Waals surface area contributed by atoms with E-state index in [-0.39, 0.29) is 5.91 Å². The van der Waals surface area contributed by atoms with Crippen molar-refractivity contribution in [2.75, 3.05) is 32.7 Å². The van der Waals surface area contributed by atoms with Crippen LogP contribution in [0.3, 0.4) is 0 Å². The highest BCUT2D eigenvalue weighted by molar-refractivity contribution is 5.94. The van der Waals surface area contributed by atoms with Crippen LogP contribution < -0.4 is 5.32 Å². The van der Waals surface area contributed by atoms with Crippen molar-refractivity contribution in [1.29, 1.82) is 0 Å². The molecule has 1 amide bonds. The predicted octanol–water partition coefficient (Wildman–Crippen LogP) is 4.78. The van der Waals surface area contributed by atoms with E-state index >= 15 is 0 Å². The van der Waals surface area contributed by atoms with Gasteiger partial charge in [0, 0.05) is 56.0 Å². The van der Waals surface area contributed by atoms with Crippen molar-refractivity contribution in [2.45, 2.75) is 26.9 Å². The number of rotatable bonds is 8. The van der Waals surface area contributed by atoms with Crippen molar-refractivity contribution >= 4 is 5.91 Å². The molecule has 1 N–H and O–H groups in total. The molecule has 190 valence electrons. The Balaban J connectivity index is 1.13. The van der Waals surface area contributed by atoms with Crippen LogP contribution in [0.5, 0.6) is 0 Å². The number of aryl methyl sites for hydroxylation is 1. The van der Waals surface area contributed by atoms with Gasteiger partial charge in [0.25, 0.3) is 5.91 Å². The third kappa shape index (κ3) is 6.13. The van der Waals surface area contributed by atoms with E-state index in [0.29, 0.717) is 23.9 Å². The number of carbonyl (C=O) groups excluding carboxylic acids is 1. The Hall–Kier alpha value is -3.81. The third-order valence-corrected chi connectivity index (χ3v) is 6.99. The minimum Gasteiger partial charge on any atom is -0.416 e. The highest BCUT2D eigenvalue weighted by atomic mass is 16.4. The fraction of sp³-hybridized carbons (Fsp3) is 0.300. The quantitative estimate of drug-likeness (QED) is 0.379. The molecule has 0 radical (unpaired) electrons. The van der Waals surface area contributed by atoms with Crippen LogP contribution in [0.15, 0.2) is 77.2 Å². The van der Waals surface area contributed by atoms with Crippen LogP contribution in [-0.2, 0) is 13.1 Å². The molecule has 37 heavy (non-hydrogen) atoms. The molecule has 0 bridgehead atoms. The van der Waals surface area contributed by atoms with Gasteiger partial charge in [-0.2, -0.15) is 0 Å². The standard InChI is InChI=1S/C30H33N5O2/c1-3-34-16-18-35(19-17-34)21-24-10-8-23(9-11-24)20-31-28(36)25-12-14-26(15-13-25)29-32-33-30(37-29)27-7-5-4-6-22(27)2/h4-15H,3,16-21H2,1-2H3,(H,31,36). The Morgan fingerprint density at radius 1 is 0.838 bits per heavy atom. The predicted molar refractivity (Wildman–Crippen MR) is 145 cm³/mol. The molecule has 0 aliphatic carbocycles. The summed E-state index contributed by atoms with van der Waals surface area (Å²) >= 11 is 0. The molecule has 5 rings (SSSR count). The summed E-state index contributed by atoms with van der Waals surface area (Å²) in [5, 5.41) is 11.4. The first-order chi connectivity index (χ1) is 18.1. The summed E-state index contributed by atoms with van der Waals surface area (Å²) in [7, 11) is 0. The highest BCUT2D eigenvalue weighted by Gasteiger charge is 2.16. The second kappa shape index (κ2) is 11.5. The fourth-order valence-electron chi connectivity index (χ4n) is 4.59. The normalized spacial score (nSPS) is 14.5. The molecule has 1 aliphatic heterocycles. The third-order valence-electron chi connectivity index (χ3n) is 6.99. The number of benzene rings is 3. The van der Waals surface area contributed by atoms with Gasteiger partial charge in [-0.05, 0) is 60.5 Å². The second-order valence-electron chi connectivity index (χ2n) is 9.51. The van der Waals surface area contributed by atoms with Gasteiger partial charge in [0.05, 0.1) is 0 Å². The number of carbonyl (C=O) groups is 1. The Morgan fingerprint density at radius 3 is 2.19 bits per heavy atom. The van der Waals surface area contributed by atoms with Gasteiger partial charge >= 0.3 is 0 Å². The van der Waals surface area contributed by atoms with Crippen LogP contribution >= 0.6 is 0 Å². The van der Waals surface area contributed by atoms with Gasteiger partial charge in [0.1, 0.15) is 0 Å². The van der Waals surface area contributed by atoms with Crippen molar-refractivity contribution in [1.82, 2.24) is 25.3 Å². The molecule has 0 unspecified atom stereocenters. The van der Waals surface area contributed by atoms with Gasteiger partial charge in [0.15, 0.2) is 0 Å². The zero-order chi connectivity index (χ0) is 25.6. The maximum atomic E-state index is 12.7. The van der Waals surface area contributed by atoms with Gasteiger partial charge in [-0.25, -0.2) is 0 Å². The van der Waals surface area contributed by atoms with Crippen molar-refractivity contribution < 1.29 is 9.21 Å². The summed E-state index contributed by atoms with van der Waals surface area (Å²) in [5.74, 6) is 0.799. The van der Waals surface area contributed by atoms with Gasteiger partial charge in [-0.15, -0.1) is 10.2 Å². The summed E-state index contributed by atoms with van der Waals surface area (Å²) in [6.07, 6.45) is 0. The molecule has 1 fully saturated rings. The average Bonchev–Trinajstić information content (AvgIpc) is 3.43. The molecule has 0 saturated carbocycles. The van der Waals surface area contributed by atoms with Crippen LogP contribution in [0.25, 0.3) is 22.9 Å². The van der Waals surface area contributed by atoms with Crippen LogP contribution in [0, 0.1) is 6.92 Å². The van der Waals surface area contributed by atoms with Gasteiger partial charge in [-0.3, -0.25) is 9.69 Å². The minimum absolute atomic E-state index is 0.115. The second-order valence-corrected chi connectivity index (χ2v) is 9.51. The Bertz CT molecular complexity index is 1320. The number of nitrogens with zero attached hydrogens (tertiary/aromatic N) is 4. The zero-order valence-electron chi connectivity index (χ0n) is 21.5. The van der Waals surface area contributed by atoms with E-state index in [2.05, 4.69) is 56.5 Å². The summed E-state index contributed by atoms with van der Waals surface area (Å²) in [5.41, 5.74) is 5.74. The van der Waals surface area contributed by atoms with E-state index in [1.165, 1.54) is 5.56 Å². The molecule has 0 atom stereocenters. The lowest BCUT2D eigenvalue weighted by Gasteiger charge is -2.34. The average molecular weight is 496 g/mol. The van der Waals surface area contributed by atoms with Gasteiger partial charge < -0.3 is 14.6 Å². The van der Waals surface area contributed by atoms with E-state index < -0.39 is 0 Å². The molecule has 1 aromatic heterocycles. The van der Waals surface area contributed by atoms with Crippen molar-refractivity contribution in [3.8, 4) is 22.9 Å². The number of nitrogens with one attached hydrogen (secondary N) is 1. The van der Waals surface area contributed by atoms with Crippen LogP contribution in [0.1, 0.15) is 34.0 Å². The Morgan fingerprint density at radius 2 is 1.49 bits per heavy atom. The van der Waals surface area contributed by atoms with Crippen molar-refractivity contribution in [2.24, 2.45) is 0 Å². The van der Waals surface area contributed by atoms with E-state index in [0.717, 1.165) is 61.5 Å². The molecule has 7 heteroatoms. The highest BCUT2D eigenvalue weighted by Crippen LogP contribution is 2.26. The number of amides is 1. The molecule has 2 heterocycles. The van der Waals surface area contributed by atoms with Gasteiger partial charge in [-0.1, -0.05) is 49.4 Å². The summed E-state index contributed by atoms with van der Waals surface area (Å²) in [6, 6.07) is 23.7. The number of aromatic nitrogens is 2. The fourth-order valence-corrected chi connectivity index (χ4v) is 4.59. The molecule has 3 aromatic carbocycles. The van der Waals surface area contributed by atoms with E-state index in [1.807, 2.05) is 43.3 Å². The first-order valence-electron chi connectivity index (χ1n) is 12.9. The summed E-state index contributed by atoms with van der Waals surface area (Å²) in [6.45, 7) is 11.3. The maximum Gasteiger partial charge on any atom is 0.251 e. The first-order valence-corrected chi connectivity index (χ1v) is 12.9. The lowest BCUT2D eigenvalue weighted by molar-refractivity contribution is 0.0951. The molecule has 0 spiro atoms. The van der Waals surface area contributed by atoms with Crippen LogP contribution in [0.4, 0.5) is 0 Å². The lowest BCUT2D eigenvalue weighted by Crippen LogP contribution is -2.45. The van der Waals surface area contributed by atoms with Crippen molar-refractivity contribution in [3.05, 3.63) is 95.1 Å². The maximum absolute atomic E-state index is 12.7. The molecular weight excluding hydrogens is 462 g/mol. The molecule has 1 aliphatic rings. The number of piperazine rings is 1. The first kappa shape index (κ1) is 24.9. The topological polar surface area (TPSA) is 74.5 Å². The minimum atomic E-state index is -0.115. The number of hydrogen-bond acceptors (Lipinski definition) is 6. The van der Waals surface area contributed by atoms with Crippen molar-refractivity contribution in [3.63, 3.8) is 0 Å². The SMILES string of the molecule is CCN1CCN(Cc2ccc(CNC(=O)c3ccc(-c4nnc(-c5ccccc5C)o4)cc3)cc2)CC1. The summed E-state index contributed by atoms with van der Waals surface area (Å²) < 4.78 is 5.88. The van der Waals surface area contributed by atoms with E-state index in [1.54, 1.807) is 12.1 Å². The van der Waals surface area contributed by atoms with Crippen LogP contribution in [0.2, 0.25) is 0 Å². The molecule has 7 nitrogen and oxygen atoms in total. The van der Waals surface area contributed by atoms with Crippen LogP contribution in [-0.4, -0.2) is 58.6 Å². The number of hydrogen-bond donors (Lipinski definition) is 1. The summed E-state index contributed by atoms with van der Waals surface area (Å²) in [4.78, 5) is 17.7. The zero-order valence-corrected chi connectivity index (χ0v) is 21.5. The van der Waals surface area contributed by atoms with E-state index in [9.17, 15) is 4.79 Å². The molecular formula is C30H33N5O2. The smallest absolute Gasteiger partial charge is 0.251 e.